The molecule has 1 aliphatic heterocycles. The molecule has 2 rings (SSSR count). The lowest BCUT2D eigenvalue weighted by Gasteiger charge is -2.27. The lowest BCUT2D eigenvalue weighted by Crippen LogP contribution is -2.37. The van der Waals surface area contributed by atoms with Gasteiger partial charge in [0.15, 0.2) is 0 Å². The highest BCUT2D eigenvalue weighted by Crippen LogP contribution is 2.33. The topological polar surface area (TPSA) is 32.3 Å². The van der Waals surface area contributed by atoms with Gasteiger partial charge in [0.25, 0.3) is 0 Å². The van der Waals surface area contributed by atoms with Gasteiger partial charge in [-0.1, -0.05) is 18.9 Å². The minimum absolute atomic E-state index is 0.207. The molecule has 1 amide bonds. The molecule has 0 spiro atoms. The average Bonchev–Trinajstić information content (AvgIpc) is 3.21. The first-order valence-corrected chi connectivity index (χ1v) is 7.18. The van der Waals surface area contributed by atoms with Gasteiger partial charge in [-0.25, -0.2) is 0 Å². The van der Waals surface area contributed by atoms with Crippen LogP contribution in [0.5, 0.6) is 0 Å². The summed E-state index contributed by atoms with van der Waals surface area (Å²) in [6, 6.07) is 0. The Morgan fingerprint density at radius 1 is 1.33 bits per heavy atom. The van der Waals surface area contributed by atoms with Crippen molar-refractivity contribution in [1.29, 1.82) is 0 Å². The van der Waals surface area contributed by atoms with Gasteiger partial charge in [0.1, 0.15) is 0 Å². The summed E-state index contributed by atoms with van der Waals surface area (Å²) in [5, 5.41) is 2.69. The van der Waals surface area contributed by atoms with Crippen LogP contribution in [0.1, 0.15) is 38.5 Å². The minimum Gasteiger partial charge on any atom is -0.359 e. The normalized spacial score (nSPS) is 20.8. The average molecular weight is 252 g/mol. The van der Waals surface area contributed by atoms with Crippen LogP contribution in [0.4, 0.5) is 0 Å². The molecule has 0 aromatic rings. The van der Waals surface area contributed by atoms with Crippen molar-refractivity contribution in [1.82, 2.24) is 10.2 Å². The van der Waals surface area contributed by atoms with E-state index in [4.69, 9.17) is 0 Å². The van der Waals surface area contributed by atoms with Crippen LogP contribution in [0.15, 0.2) is 12.7 Å². The summed E-state index contributed by atoms with van der Waals surface area (Å²) in [4.78, 5) is 13.4. The van der Waals surface area contributed by atoms with E-state index in [1.165, 1.54) is 25.7 Å². The molecule has 1 saturated carbocycles. The van der Waals surface area contributed by atoms with E-state index in [-0.39, 0.29) is 11.8 Å². The van der Waals surface area contributed by atoms with E-state index in [0.29, 0.717) is 0 Å². The summed E-state index contributed by atoms with van der Waals surface area (Å²) < 4.78 is 0. The fourth-order valence-corrected chi connectivity index (χ4v) is 2.23. The second-order valence-electron chi connectivity index (χ2n) is 5.50. The number of nitrogens with one attached hydrogen (secondary N) is 1. The molecule has 1 N–H and O–H groups in total. The lowest BCUT2D eigenvalue weighted by molar-refractivity contribution is -0.125. The highest BCUT2D eigenvalue weighted by Gasteiger charge is 2.21. The van der Waals surface area contributed by atoms with Crippen molar-refractivity contribution >= 4 is 5.91 Å². The van der Waals surface area contributed by atoms with Crippen LogP contribution in [0, 0.1) is 11.8 Å². The fourth-order valence-electron chi connectivity index (χ4n) is 2.23. The van der Waals surface area contributed by atoms with E-state index in [1.54, 1.807) is 7.05 Å². The van der Waals surface area contributed by atoms with Gasteiger partial charge in [-0.2, -0.15) is 0 Å². The quantitative estimate of drug-likeness (QED) is 0.779. The van der Waals surface area contributed by atoms with Crippen molar-refractivity contribution in [2.75, 3.05) is 27.2 Å². The van der Waals surface area contributed by atoms with E-state index in [2.05, 4.69) is 23.8 Å². The molecule has 3 nitrogen and oxygen atoms in total. The van der Waals surface area contributed by atoms with Gasteiger partial charge >= 0.3 is 0 Å². The number of nitrogens with zero attached hydrogens (tertiary/aromatic N) is 1. The molecule has 0 unspecified atom stereocenters. The summed E-state index contributed by atoms with van der Waals surface area (Å²) in [6.07, 6.45) is 9.61. The van der Waals surface area contributed by atoms with Crippen molar-refractivity contribution in [2.24, 2.45) is 11.8 Å². The second-order valence-corrected chi connectivity index (χ2v) is 5.50. The monoisotopic (exact) mass is 252 g/mol. The zero-order valence-corrected chi connectivity index (χ0v) is 12.0. The van der Waals surface area contributed by atoms with Gasteiger partial charge in [-0.3, -0.25) is 4.79 Å². The van der Waals surface area contributed by atoms with Crippen LogP contribution < -0.4 is 5.32 Å². The summed E-state index contributed by atoms with van der Waals surface area (Å²) in [7, 11) is 3.81. The first-order valence-electron chi connectivity index (χ1n) is 7.18. The number of hydrogen-bond acceptors (Lipinski definition) is 2. The molecule has 0 bridgehead atoms. The summed E-state index contributed by atoms with van der Waals surface area (Å²) in [5.41, 5.74) is 0. The van der Waals surface area contributed by atoms with Crippen molar-refractivity contribution in [3.8, 4) is 0 Å². The third-order valence-corrected chi connectivity index (χ3v) is 3.81. The van der Waals surface area contributed by atoms with Crippen molar-refractivity contribution in [3.05, 3.63) is 12.7 Å². The standard InChI is InChI=1S/C8H16N2O.C7H12/c1-9-8(11)7-3-5-10(2)6-4-7;1-2-3-4-7-5-6-7/h7H,3-6H2,1-2H3,(H,9,11);2,7H,1,3-6H2. The summed E-state index contributed by atoms with van der Waals surface area (Å²) >= 11 is 0. The Hall–Kier alpha value is -0.830. The van der Waals surface area contributed by atoms with Gasteiger partial charge < -0.3 is 10.2 Å². The van der Waals surface area contributed by atoms with Gasteiger partial charge in [0.2, 0.25) is 5.91 Å². The molecule has 0 radical (unpaired) electrons. The maximum absolute atomic E-state index is 11.1. The third-order valence-electron chi connectivity index (χ3n) is 3.81. The highest BCUT2D eigenvalue weighted by molar-refractivity contribution is 5.78. The van der Waals surface area contributed by atoms with Gasteiger partial charge in [0.05, 0.1) is 0 Å². The Morgan fingerprint density at radius 3 is 2.39 bits per heavy atom. The molecular formula is C15H28N2O. The Balaban J connectivity index is 0.000000199. The van der Waals surface area contributed by atoms with E-state index in [9.17, 15) is 4.79 Å². The Labute approximate surface area is 112 Å². The molecule has 1 saturated heterocycles. The summed E-state index contributed by atoms with van der Waals surface area (Å²) in [6.45, 7) is 5.77. The van der Waals surface area contributed by atoms with Gasteiger partial charge in [0, 0.05) is 13.0 Å². The van der Waals surface area contributed by atoms with Crippen LogP contribution in [0.2, 0.25) is 0 Å². The molecule has 1 heterocycles. The van der Waals surface area contributed by atoms with E-state index >= 15 is 0 Å². The minimum atomic E-state index is 0.207. The SMILES string of the molecule is C=CCCC1CC1.CNC(=O)C1CCN(C)CC1. The predicted molar refractivity (Wildman–Crippen MR) is 76.4 cm³/mol. The smallest absolute Gasteiger partial charge is 0.222 e. The molecule has 104 valence electrons. The maximum atomic E-state index is 11.1. The number of likely N-dealkylation sites (tertiary alicyclic amines) is 1. The molecule has 1 aliphatic carbocycles. The molecular weight excluding hydrogens is 224 g/mol. The van der Waals surface area contributed by atoms with Crippen molar-refractivity contribution in [3.63, 3.8) is 0 Å². The first kappa shape index (κ1) is 15.2. The lowest BCUT2D eigenvalue weighted by atomic mass is 9.96. The Kier molecular flexibility index (Phi) is 7.02. The molecule has 0 aromatic heterocycles. The van der Waals surface area contributed by atoms with Gasteiger partial charge in [-0.05, 0) is 51.7 Å². The number of carbonyl (C=O) groups is 1. The highest BCUT2D eigenvalue weighted by atomic mass is 16.1. The number of piperidine rings is 1. The molecule has 0 aromatic carbocycles. The van der Waals surface area contributed by atoms with E-state index in [0.717, 1.165) is 31.8 Å². The number of rotatable bonds is 4. The van der Waals surface area contributed by atoms with Crippen LogP contribution in [0.3, 0.4) is 0 Å². The Morgan fingerprint density at radius 2 is 1.94 bits per heavy atom. The maximum Gasteiger partial charge on any atom is 0.222 e. The number of allylic oxidation sites excluding steroid dienone is 1. The largest absolute Gasteiger partial charge is 0.359 e. The Bertz CT molecular complexity index is 253. The molecule has 2 fully saturated rings. The van der Waals surface area contributed by atoms with E-state index < -0.39 is 0 Å². The molecule has 18 heavy (non-hydrogen) atoms. The molecule has 0 atom stereocenters. The fraction of sp³-hybridized carbons (Fsp3) is 0.800. The number of carbonyl (C=O) groups excluding carboxylic acids is 1. The molecule has 3 heteroatoms. The predicted octanol–water partition coefficient (Wildman–Crippen LogP) is 2.44. The van der Waals surface area contributed by atoms with Crippen LogP contribution in [-0.2, 0) is 4.79 Å². The number of hydrogen-bond donors (Lipinski definition) is 1. The van der Waals surface area contributed by atoms with Gasteiger partial charge in [-0.15, -0.1) is 6.58 Å². The second kappa shape index (κ2) is 8.30. The zero-order chi connectivity index (χ0) is 13.4. The number of amides is 1. The zero-order valence-electron chi connectivity index (χ0n) is 12.0. The molecule has 2 aliphatic rings. The first-order chi connectivity index (χ1) is 8.67. The summed E-state index contributed by atoms with van der Waals surface area (Å²) in [5.74, 6) is 1.55. The van der Waals surface area contributed by atoms with Crippen LogP contribution >= 0.6 is 0 Å². The third kappa shape index (κ3) is 6.20. The van der Waals surface area contributed by atoms with Crippen LogP contribution in [-0.4, -0.2) is 38.0 Å². The van der Waals surface area contributed by atoms with Crippen molar-refractivity contribution in [2.45, 2.75) is 38.5 Å². The van der Waals surface area contributed by atoms with Crippen LogP contribution in [0.25, 0.3) is 0 Å². The van der Waals surface area contributed by atoms with Crippen molar-refractivity contribution < 1.29 is 4.79 Å². The van der Waals surface area contributed by atoms with E-state index in [1.807, 2.05) is 6.08 Å².